The number of anilines is 2. The summed E-state index contributed by atoms with van der Waals surface area (Å²) in [5.74, 6) is -3.71. The highest BCUT2D eigenvalue weighted by molar-refractivity contribution is 5.98. The summed E-state index contributed by atoms with van der Waals surface area (Å²) < 4.78 is 31.0. The van der Waals surface area contributed by atoms with Crippen molar-refractivity contribution < 1.29 is 27.9 Å². The first-order chi connectivity index (χ1) is 12.3. The third kappa shape index (κ3) is 5.00. The Morgan fingerprint density at radius 2 is 1.69 bits per heavy atom. The van der Waals surface area contributed by atoms with E-state index in [1.54, 1.807) is 0 Å². The second-order valence-corrected chi connectivity index (χ2v) is 5.24. The smallest absolute Gasteiger partial charge is 0.338 e. The van der Waals surface area contributed by atoms with Crippen molar-refractivity contribution in [3.8, 4) is 0 Å². The van der Waals surface area contributed by atoms with Crippen LogP contribution in [0, 0.1) is 11.6 Å². The highest BCUT2D eigenvalue weighted by Gasteiger charge is 2.20. The summed E-state index contributed by atoms with van der Waals surface area (Å²) in [7, 11) is 0. The van der Waals surface area contributed by atoms with Crippen LogP contribution in [0.25, 0.3) is 0 Å². The van der Waals surface area contributed by atoms with E-state index in [1.165, 1.54) is 37.3 Å². The molecular weight excluding hydrogens is 348 g/mol. The Hall–Kier alpha value is -3.49. The quantitative estimate of drug-likeness (QED) is 0.709. The molecule has 0 aliphatic heterocycles. The molecule has 136 valence electrons. The molecule has 1 atom stereocenters. The molecule has 4 N–H and O–H groups in total. The van der Waals surface area contributed by atoms with E-state index < -0.39 is 35.6 Å². The minimum Gasteiger partial charge on any atom is -0.449 e. The van der Waals surface area contributed by atoms with Gasteiger partial charge in [0.05, 0.1) is 5.56 Å². The zero-order chi connectivity index (χ0) is 19.3. The molecule has 0 aliphatic carbocycles. The maximum Gasteiger partial charge on any atom is 0.338 e. The first kappa shape index (κ1) is 18.8. The molecule has 2 rings (SSSR count). The third-order valence-corrected chi connectivity index (χ3v) is 3.21. The Morgan fingerprint density at radius 3 is 2.35 bits per heavy atom. The molecular formula is C17H15F2N3O4. The van der Waals surface area contributed by atoms with E-state index in [0.29, 0.717) is 0 Å². The fraction of sp³-hybridized carbons (Fsp3) is 0.118. The molecule has 0 aromatic heterocycles. The molecule has 7 nitrogen and oxygen atoms in total. The average molecular weight is 363 g/mol. The second-order valence-electron chi connectivity index (χ2n) is 5.24. The van der Waals surface area contributed by atoms with Gasteiger partial charge in [0.15, 0.2) is 17.7 Å². The molecule has 0 spiro atoms. The molecule has 26 heavy (non-hydrogen) atoms. The van der Waals surface area contributed by atoms with Crippen LogP contribution < -0.4 is 16.4 Å². The molecule has 0 radical (unpaired) electrons. The number of nitrogens with two attached hydrogens (primary N) is 1. The van der Waals surface area contributed by atoms with Gasteiger partial charge < -0.3 is 21.1 Å². The Morgan fingerprint density at radius 1 is 1.00 bits per heavy atom. The molecule has 2 aromatic carbocycles. The van der Waals surface area contributed by atoms with Crippen LogP contribution in [0.2, 0.25) is 0 Å². The van der Waals surface area contributed by atoms with Crippen LogP contribution in [-0.4, -0.2) is 24.0 Å². The summed E-state index contributed by atoms with van der Waals surface area (Å²) >= 11 is 0. The van der Waals surface area contributed by atoms with Crippen LogP contribution in [0.3, 0.4) is 0 Å². The lowest BCUT2D eigenvalue weighted by atomic mass is 10.2. The van der Waals surface area contributed by atoms with E-state index in [0.717, 1.165) is 12.1 Å². The van der Waals surface area contributed by atoms with Crippen molar-refractivity contribution in [1.82, 2.24) is 0 Å². The van der Waals surface area contributed by atoms with Gasteiger partial charge in [-0.1, -0.05) is 6.07 Å². The highest BCUT2D eigenvalue weighted by Crippen LogP contribution is 2.15. The van der Waals surface area contributed by atoms with Crippen molar-refractivity contribution in [2.45, 2.75) is 13.0 Å². The highest BCUT2D eigenvalue weighted by atomic mass is 19.2. The fourth-order valence-corrected chi connectivity index (χ4v) is 1.97. The largest absolute Gasteiger partial charge is 0.449 e. The van der Waals surface area contributed by atoms with Gasteiger partial charge in [0.25, 0.3) is 5.91 Å². The normalized spacial score (nSPS) is 11.3. The van der Waals surface area contributed by atoms with E-state index in [-0.39, 0.29) is 16.9 Å². The van der Waals surface area contributed by atoms with Crippen LogP contribution in [0.4, 0.5) is 25.0 Å². The molecule has 0 saturated carbocycles. The number of benzene rings is 2. The van der Waals surface area contributed by atoms with E-state index in [2.05, 4.69) is 10.6 Å². The predicted octanol–water partition coefficient (Wildman–Crippen LogP) is 2.64. The van der Waals surface area contributed by atoms with Crippen LogP contribution in [-0.2, 0) is 9.53 Å². The van der Waals surface area contributed by atoms with Crippen LogP contribution >= 0.6 is 0 Å². The third-order valence-electron chi connectivity index (χ3n) is 3.21. The van der Waals surface area contributed by atoms with Gasteiger partial charge in [-0.2, -0.15) is 0 Å². The van der Waals surface area contributed by atoms with Crippen molar-refractivity contribution in [1.29, 1.82) is 0 Å². The number of amides is 3. The van der Waals surface area contributed by atoms with Crippen molar-refractivity contribution in [3.05, 3.63) is 59.7 Å². The van der Waals surface area contributed by atoms with E-state index in [9.17, 15) is 23.2 Å². The number of urea groups is 1. The van der Waals surface area contributed by atoms with Gasteiger partial charge in [0.2, 0.25) is 0 Å². The predicted molar refractivity (Wildman–Crippen MR) is 89.5 cm³/mol. The van der Waals surface area contributed by atoms with Gasteiger partial charge in [-0.15, -0.1) is 0 Å². The molecule has 0 fully saturated rings. The molecule has 0 aliphatic rings. The summed E-state index contributed by atoms with van der Waals surface area (Å²) in [6, 6.07) is 7.80. The number of carbonyl (C=O) groups excluding carboxylic acids is 3. The number of ether oxygens (including phenoxy) is 1. The molecule has 0 bridgehead atoms. The van der Waals surface area contributed by atoms with Crippen LogP contribution in [0.15, 0.2) is 42.5 Å². The Balaban J connectivity index is 2.00. The lowest BCUT2D eigenvalue weighted by molar-refractivity contribution is -0.123. The van der Waals surface area contributed by atoms with Gasteiger partial charge in [0.1, 0.15) is 0 Å². The summed E-state index contributed by atoms with van der Waals surface area (Å²) in [6.45, 7) is 1.32. The van der Waals surface area contributed by atoms with Gasteiger partial charge in [-0.25, -0.2) is 18.4 Å². The number of rotatable bonds is 5. The average Bonchev–Trinajstić information content (AvgIpc) is 2.57. The lowest BCUT2D eigenvalue weighted by Crippen LogP contribution is -2.30. The summed E-state index contributed by atoms with van der Waals surface area (Å²) in [5.41, 5.74) is 5.38. The molecule has 0 unspecified atom stereocenters. The monoisotopic (exact) mass is 363 g/mol. The van der Waals surface area contributed by atoms with E-state index >= 15 is 0 Å². The first-order valence-corrected chi connectivity index (χ1v) is 7.39. The van der Waals surface area contributed by atoms with Crippen LogP contribution in [0.5, 0.6) is 0 Å². The SMILES string of the molecule is C[C@@H](OC(=O)c1cccc(NC(N)=O)c1)C(=O)Nc1ccc(F)c(F)c1. The topological polar surface area (TPSA) is 111 Å². The Kier molecular flexibility index (Phi) is 5.84. The number of halogens is 2. The van der Waals surface area contributed by atoms with Crippen LogP contribution in [0.1, 0.15) is 17.3 Å². The minimum atomic E-state index is -1.21. The number of hydrogen-bond donors (Lipinski definition) is 3. The lowest BCUT2D eigenvalue weighted by Gasteiger charge is -2.14. The zero-order valence-electron chi connectivity index (χ0n) is 13.6. The molecule has 2 aromatic rings. The summed E-state index contributed by atoms with van der Waals surface area (Å²) in [5, 5.41) is 4.61. The van der Waals surface area contributed by atoms with E-state index in [4.69, 9.17) is 10.5 Å². The standard InChI is InChI=1S/C17H15F2N3O4/c1-9(15(23)21-12-5-6-13(18)14(19)8-12)26-16(24)10-3-2-4-11(7-10)22-17(20)25/h2-9H,1H3,(H,21,23)(H3,20,22,25)/t9-/m1/s1. The van der Waals surface area contributed by atoms with Gasteiger partial charge >= 0.3 is 12.0 Å². The maximum absolute atomic E-state index is 13.1. The maximum atomic E-state index is 13.1. The van der Waals surface area contributed by atoms with Gasteiger partial charge in [0, 0.05) is 17.4 Å². The van der Waals surface area contributed by atoms with Crippen molar-refractivity contribution >= 4 is 29.3 Å². The molecule has 9 heteroatoms. The zero-order valence-corrected chi connectivity index (χ0v) is 13.6. The first-order valence-electron chi connectivity index (χ1n) is 7.39. The second kappa shape index (κ2) is 8.06. The Labute approximate surface area is 147 Å². The Bertz CT molecular complexity index is 858. The van der Waals surface area contributed by atoms with E-state index in [1.807, 2.05) is 0 Å². The van der Waals surface area contributed by atoms with Gasteiger partial charge in [-0.05, 0) is 37.3 Å². The number of esters is 1. The number of nitrogens with one attached hydrogen (secondary N) is 2. The molecule has 0 saturated heterocycles. The minimum absolute atomic E-state index is 0.0180. The summed E-state index contributed by atoms with van der Waals surface area (Å²) in [4.78, 5) is 34.9. The van der Waals surface area contributed by atoms with Crippen molar-refractivity contribution in [3.63, 3.8) is 0 Å². The van der Waals surface area contributed by atoms with Crippen molar-refractivity contribution in [2.24, 2.45) is 5.73 Å². The number of primary amides is 1. The molecule has 3 amide bonds. The van der Waals surface area contributed by atoms with Gasteiger partial charge in [-0.3, -0.25) is 4.79 Å². The number of hydrogen-bond acceptors (Lipinski definition) is 4. The molecule has 0 heterocycles. The summed E-state index contributed by atoms with van der Waals surface area (Å²) in [6.07, 6.45) is -1.21. The van der Waals surface area contributed by atoms with Crippen molar-refractivity contribution in [2.75, 3.05) is 10.6 Å². The number of carbonyl (C=O) groups is 3. The fourth-order valence-electron chi connectivity index (χ4n) is 1.97.